The van der Waals surface area contributed by atoms with E-state index in [-0.39, 0.29) is 22.9 Å². The van der Waals surface area contributed by atoms with Gasteiger partial charge in [0.25, 0.3) is 0 Å². The second-order valence-electron chi connectivity index (χ2n) is 8.17. The van der Waals surface area contributed by atoms with Gasteiger partial charge < -0.3 is 9.84 Å². The van der Waals surface area contributed by atoms with E-state index in [0.717, 1.165) is 16.7 Å². The number of ketones is 1. The van der Waals surface area contributed by atoms with Gasteiger partial charge >= 0.3 is 0 Å². The van der Waals surface area contributed by atoms with E-state index in [4.69, 9.17) is 4.74 Å². The number of aliphatic hydroxyl groups is 1. The highest BCUT2D eigenvalue weighted by Gasteiger charge is 2.47. The van der Waals surface area contributed by atoms with Crippen molar-refractivity contribution >= 4 is 11.4 Å². The normalized spacial score (nSPS) is 18.7. The molecule has 0 saturated heterocycles. The highest BCUT2D eigenvalue weighted by molar-refractivity contribution is 6.26. The Morgan fingerprint density at radius 3 is 2.04 bits per heavy atom. The van der Waals surface area contributed by atoms with Gasteiger partial charge in [-0.05, 0) is 81.5 Å². The molecule has 0 radical (unpaired) electrons. The predicted octanol–water partition coefficient (Wildman–Crippen LogP) is 5.54. The van der Waals surface area contributed by atoms with Gasteiger partial charge in [0.2, 0.25) is 0 Å². The molecule has 1 aliphatic heterocycles. The maximum atomic E-state index is 14.0. The minimum absolute atomic E-state index is 0.0813. The third kappa shape index (κ3) is 3.30. The molecule has 0 amide bonds. The Balaban J connectivity index is 2.22. The summed E-state index contributed by atoms with van der Waals surface area (Å²) in [5, 5.41) is 10.8. The van der Waals surface area contributed by atoms with Crippen molar-refractivity contribution in [3.05, 3.63) is 64.7 Å². The number of aryl methyl sites for hydroxylation is 2. The van der Waals surface area contributed by atoms with E-state index >= 15 is 0 Å². The number of carbonyl (C=O) groups excluding carboxylic acids is 1. The molecule has 2 aromatic carbocycles. The molecule has 0 aromatic heterocycles. The van der Waals surface area contributed by atoms with Gasteiger partial charge in [-0.25, -0.2) is 4.39 Å². The molecule has 142 valence electrons. The molecule has 0 aliphatic carbocycles. The van der Waals surface area contributed by atoms with Crippen molar-refractivity contribution in [1.29, 1.82) is 0 Å². The van der Waals surface area contributed by atoms with E-state index in [1.165, 1.54) is 6.07 Å². The Bertz CT molecular complexity index is 968. The summed E-state index contributed by atoms with van der Waals surface area (Å²) in [5.74, 6) is -0.627. The number of benzene rings is 2. The van der Waals surface area contributed by atoms with Crippen LogP contribution in [-0.2, 0) is 9.53 Å². The lowest BCUT2D eigenvalue weighted by Crippen LogP contribution is -2.49. The number of Topliss-reactive ketones (excluding diaryl/α,β-unsaturated/α-hetero) is 1. The van der Waals surface area contributed by atoms with Crippen molar-refractivity contribution in [2.24, 2.45) is 0 Å². The Labute approximate surface area is 159 Å². The lowest BCUT2D eigenvalue weighted by atomic mass is 9.81. The molecule has 1 aliphatic rings. The minimum atomic E-state index is -1.05. The van der Waals surface area contributed by atoms with Crippen LogP contribution in [0.2, 0.25) is 0 Å². The molecule has 0 saturated carbocycles. The first-order valence-corrected chi connectivity index (χ1v) is 9.00. The maximum Gasteiger partial charge on any atom is 0.198 e. The fourth-order valence-corrected chi connectivity index (χ4v) is 3.54. The summed E-state index contributed by atoms with van der Waals surface area (Å²) < 4.78 is 19.8. The number of aliphatic hydroxyl groups excluding tert-OH is 1. The average Bonchev–Trinajstić information content (AvgIpc) is 2.57. The van der Waals surface area contributed by atoms with E-state index in [0.29, 0.717) is 11.1 Å². The monoisotopic (exact) mass is 368 g/mol. The zero-order valence-corrected chi connectivity index (χ0v) is 16.6. The second-order valence-corrected chi connectivity index (χ2v) is 8.17. The van der Waals surface area contributed by atoms with Gasteiger partial charge in [-0.2, -0.15) is 0 Å². The Morgan fingerprint density at radius 1 is 0.889 bits per heavy atom. The van der Waals surface area contributed by atoms with Crippen LogP contribution in [0.5, 0.6) is 0 Å². The molecule has 0 bridgehead atoms. The van der Waals surface area contributed by atoms with E-state index in [1.807, 2.05) is 31.2 Å². The van der Waals surface area contributed by atoms with Crippen LogP contribution in [0.25, 0.3) is 16.7 Å². The van der Waals surface area contributed by atoms with Crippen LogP contribution in [0.4, 0.5) is 4.39 Å². The smallest absolute Gasteiger partial charge is 0.198 e. The average molecular weight is 368 g/mol. The molecule has 2 aromatic rings. The van der Waals surface area contributed by atoms with E-state index in [2.05, 4.69) is 0 Å². The molecule has 1 N–H and O–H groups in total. The zero-order chi connectivity index (χ0) is 20.1. The predicted molar refractivity (Wildman–Crippen MR) is 105 cm³/mol. The van der Waals surface area contributed by atoms with Gasteiger partial charge in [-0.1, -0.05) is 24.3 Å². The summed E-state index contributed by atoms with van der Waals surface area (Å²) in [7, 11) is 0. The zero-order valence-electron chi connectivity index (χ0n) is 16.6. The van der Waals surface area contributed by atoms with Crippen LogP contribution in [0.15, 0.2) is 42.2 Å². The molecule has 0 spiro atoms. The van der Waals surface area contributed by atoms with Crippen molar-refractivity contribution in [3.63, 3.8) is 0 Å². The molecule has 0 fully saturated rings. The number of hydrogen-bond acceptors (Lipinski definition) is 3. The standard InChI is InChI=1S/C23H25FO3/c1-13-7-9-15(16-10-8-14(2)18(24)12-16)11-17(13)19-20(25)22(3,4)27-23(5,6)21(19)26/h7-12,25H,1-6H3. The van der Waals surface area contributed by atoms with Gasteiger partial charge in [-0.15, -0.1) is 0 Å². The van der Waals surface area contributed by atoms with Crippen LogP contribution in [0, 0.1) is 19.7 Å². The van der Waals surface area contributed by atoms with Crippen molar-refractivity contribution in [3.8, 4) is 11.1 Å². The van der Waals surface area contributed by atoms with Crippen molar-refractivity contribution < 1.29 is 19.0 Å². The van der Waals surface area contributed by atoms with Gasteiger partial charge in [0.05, 0.1) is 5.57 Å². The molecule has 3 rings (SSSR count). The van der Waals surface area contributed by atoms with Crippen molar-refractivity contribution in [1.82, 2.24) is 0 Å². The highest BCUT2D eigenvalue weighted by Crippen LogP contribution is 2.41. The first-order valence-electron chi connectivity index (χ1n) is 9.00. The lowest BCUT2D eigenvalue weighted by molar-refractivity contribution is -0.158. The molecule has 3 nitrogen and oxygen atoms in total. The second kappa shape index (κ2) is 6.31. The maximum absolute atomic E-state index is 14.0. The lowest BCUT2D eigenvalue weighted by Gasteiger charge is -2.40. The minimum Gasteiger partial charge on any atom is -0.508 e. The number of halogens is 1. The summed E-state index contributed by atoms with van der Waals surface area (Å²) >= 11 is 0. The first-order chi connectivity index (χ1) is 12.4. The van der Waals surface area contributed by atoms with Crippen LogP contribution in [0.3, 0.4) is 0 Å². The van der Waals surface area contributed by atoms with Gasteiger partial charge in [-0.3, -0.25) is 4.79 Å². The quantitative estimate of drug-likeness (QED) is 0.757. The summed E-state index contributed by atoms with van der Waals surface area (Å²) in [4.78, 5) is 13.0. The van der Waals surface area contributed by atoms with Crippen LogP contribution >= 0.6 is 0 Å². The third-order valence-corrected chi connectivity index (χ3v) is 5.10. The molecular formula is C23H25FO3. The first kappa shape index (κ1) is 19.3. The fourth-order valence-electron chi connectivity index (χ4n) is 3.54. The topological polar surface area (TPSA) is 46.5 Å². The highest BCUT2D eigenvalue weighted by atomic mass is 19.1. The number of hydrogen-bond donors (Lipinski definition) is 1. The van der Waals surface area contributed by atoms with Crippen LogP contribution in [0.1, 0.15) is 44.4 Å². The summed E-state index contributed by atoms with van der Waals surface area (Å²) in [6.07, 6.45) is 0. The Kier molecular flexibility index (Phi) is 4.51. The van der Waals surface area contributed by atoms with Crippen LogP contribution in [-0.4, -0.2) is 22.1 Å². The summed E-state index contributed by atoms with van der Waals surface area (Å²) in [6.45, 7) is 10.5. The molecule has 1 heterocycles. The number of carbonyl (C=O) groups is 1. The fraction of sp³-hybridized carbons (Fsp3) is 0.348. The molecular weight excluding hydrogens is 343 g/mol. The SMILES string of the molecule is Cc1ccc(-c2ccc(C)c(C3=C(O)C(C)(C)OC(C)(C)C3=O)c2)cc1F. The number of rotatable bonds is 2. The van der Waals surface area contributed by atoms with Gasteiger partial charge in [0, 0.05) is 0 Å². The van der Waals surface area contributed by atoms with E-state index in [9.17, 15) is 14.3 Å². The molecule has 27 heavy (non-hydrogen) atoms. The Hall–Kier alpha value is -2.46. The number of ether oxygens (including phenoxy) is 1. The van der Waals surface area contributed by atoms with Crippen LogP contribution < -0.4 is 0 Å². The van der Waals surface area contributed by atoms with Crippen molar-refractivity contribution in [2.75, 3.05) is 0 Å². The molecule has 0 unspecified atom stereocenters. The largest absolute Gasteiger partial charge is 0.508 e. The summed E-state index contributed by atoms with van der Waals surface area (Å²) in [5.41, 5.74) is 1.81. The molecule has 0 atom stereocenters. The van der Waals surface area contributed by atoms with E-state index in [1.54, 1.807) is 40.7 Å². The van der Waals surface area contributed by atoms with E-state index < -0.39 is 11.2 Å². The van der Waals surface area contributed by atoms with Gasteiger partial charge in [0.15, 0.2) is 5.78 Å². The molecule has 4 heteroatoms. The third-order valence-electron chi connectivity index (χ3n) is 5.10. The van der Waals surface area contributed by atoms with Crippen molar-refractivity contribution in [2.45, 2.75) is 52.7 Å². The Morgan fingerprint density at radius 2 is 1.44 bits per heavy atom. The summed E-state index contributed by atoms with van der Waals surface area (Å²) in [6, 6.07) is 10.7. The van der Waals surface area contributed by atoms with Gasteiger partial charge in [0.1, 0.15) is 22.8 Å².